The third kappa shape index (κ3) is 3.53. The molecule has 0 saturated carbocycles. The highest BCUT2D eigenvalue weighted by molar-refractivity contribution is 5.80. The molecule has 0 unspecified atom stereocenters. The van der Waals surface area contributed by atoms with E-state index in [0.717, 1.165) is 47.7 Å². The van der Waals surface area contributed by atoms with Crippen molar-refractivity contribution >= 4 is 5.97 Å². The van der Waals surface area contributed by atoms with Crippen LogP contribution in [0.4, 0.5) is 0 Å². The van der Waals surface area contributed by atoms with Crippen LogP contribution in [0.3, 0.4) is 0 Å². The van der Waals surface area contributed by atoms with E-state index in [2.05, 4.69) is 24.1 Å². The monoisotopic (exact) mass is 355 g/mol. The molecular weight excluding hydrogens is 330 g/mol. The second kappa shape index (κ2) is 7.79. The van der Waals surface area contributed by atoms with Gasteiger partial charge in [-0.05, 0) is 54.3 Å². The lowest BCUT2D eigenvalue weighted by Crippen LogP contribution is -2.28. The lowest BCUT2D eigenvalue weighted by molar-refractivity contribution is -0.136. The number of hydrogen-bond acceptors (Lipinski definition) is 4. The van der Waals surface area contributed by atoms with Gasteiger partial charge in [-0.2, -0.15) is 0 Å². The molecule has 0 atom stereocenters. The third-order valence-corrected chi connectivity index (χ3v) is 5.01. The van der Waals surface area contributed by atoms with Crippen LogP contribution in [0.15, 0.2) is 30.3 Å². The van der Waals surface area contributed by atoms with E-state index in [1.807, 2.05) is 18.2 Å². The number of carboxylic acid groups (broad SMARTS) is 1. The molecule has 0 amide bonds. The van der Waals surface area contributed by atoms with Crippen molar-refractivity contribution in [3.63, 3.8) is 0 Å². The van der Waals surface area contributed by atoms with Gasteiger partial charge in [-0.3, -0.25) is 4.79 Å². The van der Waals surface area contributed by atoms with Crippen LogP contribution >= 0.6 is 0 Å². The summed E-state index contributed by atoms with van der Waals surface area (Å²) in [6, 6.07) is 9.94. The summed E-state index contributed by atoms with van der Waals surface area (Å²) in [5.74, 6) is 0.790. The lowest BCUT2D eigenvalue weighted by atomic mass is 9.86. The second-order valence-corrected chi connectivity index (χ2v) is 6.65. The smallest absolute Gasteiger partial charge is 0.303 e. The molecule has 0 saturated heterocycles. The Morgan fingerprint density at radius 2 is 1.81 bits per heavy atom. The Morgan fingerprint density at radius 1 is 1.12 bits per heavy atom. The van der Waals surface area contributed by atoms with Crippen molar-refractivity contribution in [2.24, 2.45) is 0 Å². The summed E-state index contributed by atoms with van der Waals surface area (Å²) in [6.07, 6.45) is 1.64. The first kappa shape index (κ1) is 18.3. The summed E-state index contributed by atoms with van der Waals surface area (Å²) < 4.78 is 11.2. The first-order valence-corrected chi connectivity index (χ1v) is 8.80. The highest BCUT2D eigenvalue weighted by Crippen LogP contribution is 2.42. The van der Waals surface area contributed by atoms with Crippen LogP contribution in [0.1, 0.15) is 23.1 Å². The molecule has 0 radical (unpaired) electrons. The first-order chi connectivity index (χ1) is 12.5. The van der Waals surface area contributed by atoms with E-state index < -0.39 is 5.97 Å². The highest BCUT2D eigenvalue weighted by atomic mass is 16.5. The molecule has 2 aromatic carbocycles. The van der Waals surface area contributed by atoms with E-state index in [1.165, 1.54) is 11.1 Å². The fraction of sp³-hybridized carbons (Fsp3) is 0.381. The minimum Gasteiger partial charge on any atom is -0.496 e. The van der Waals surface area contributed by atoms with E-state index in [-0.39, 0.29) is 6.42 Å². The van der Waals surface area contributed by atoms with E-state index in [4.69, 9.17) is 14.6 Å². The number of aliphatic carboxylic acids is 1. The largest absolute Gasteiger partial charge is 0.496 e. The summed E-state index contributed by atoms with van der Waals surface area (Å²) in [6.45, 7) is 1.80. The van der Waals surface area contributed by atoms with Gasteiger partial charge in [0.2, 0.25) is 0 Å². The molecule has 0 spiro atoms. The number of rotatable bonds is 6. The van der Waals surface area contributed by atoms with Crippen molar-refractivity contribution in [2.45, 2.75) is 25.8 Å². The molecule has 1 heterocycles. The van der Waals surface area contributed by atoms with Gasteiger partial charge in [0.1, 0.15) is 11.5 Å². The number of carboxylic acids is 1. The Kier molecular flexibility index (Phi) is 5.47. The first-order valence-electron chi connectivity index (χ1n) is 8.80. The Balaban J connectivity index is 2.16. The quantitative estimate of drug-likeness (QED) is 0.861. The molecule has 0 bridgehead atoms. The Bertz CT molecular complexity index is 794. The number of likely N-dealkylation sites (N-methyl/N-ethyl adjacent to an activating group) is 1. The average molecular weight is 355 g/mol. The normalized spacial score (nSPS) is 14.0. The van der Waals surface area contributed by atoms with Crippen molar-refractivity contribution in [2.75, 3.05) is 27.8 Å². The number of ether oxygens (including phenoxy) is 2. The average Bonchev–Trinajstić information content (AvgIpc) is 2.65. The van der Waals surface area contributed by atoms with Crippen molar-refractivity contribution < 1.29 is 19.4 Å². The van der Waals surface area contributed by atoms with Crippen LogP contribution < -0.4 is 9.47 Å². The fourth-order valence-electron chi connectivity index (χ4n) is 3.71. The highest BCUT2D eigenvalue weighted by Gasteiger charge is 2.24. The maximum absolute atomic E-state index is 11.0. The molecule has 2 aromatic rings. The predicted molar refractivity (Wildman–Crippen MR) is 101 cm³/mol. The zero-order valence-corrected chi connectivity index (χ0v) is 15.5. The Labute approximate surface area is 154 Å². The van der Waals surface area contributed by atoms with Crippen LogP contribution in [-0.2, 0) is 24.2 Å². The molecule has 3 rings (SSSR count). The van der Waals surface area contributed by atoms with Crippen LogP contribution in [0, 0.1) is 0 Å². The van der Waals surface area contributed by atoms with Crippen molar-refractivity contribution in [3.8, 4) is 22.6 Å². The molecule has 0 aromatic heterocycles. The zero-order valence-electron chi connectivity index (χ0n) is 15.5. The molecule has 138 valence electrons. The lowest BCUT2D eigenvalue weighted by Gasteiger charge is -2.30. The van der Waals surface area contributed by atoms with Gasteiger partial charge >= 0.3 is 5.97 Å². The van der Waals surface area contributed by atoms with Gasteiger partial charge in [0, 0.05) is 19.5 Å². The maximum atomic E-state index is 11.0. The van der Waals surface area contributed by atoms with E-state index >= 15 is 0 Å². The van der Waals surface area contributed by atoms with Crippen LogP contribution in [0.5, 0.6) is 11.5 Å². The minimum absolute atomic E-state index is 0.152. The number of nitrogens with zero attached hydrogens (tertiary/aromatic N) is 1. The third-order valence-electron chi connectivity index (χ3n) is 5.01. The molecule has 1 aliphatic heterocycles. The van der Waals surface area contributed by atoms with Gasteiger partial charge in [0.05, 0.1) is 19.8 Å². The SMILES string of the molecule is COc1cccc(OC)c1-c1ccc(CCC(=O)O)c2c1CN(C)CC2. The number of carbonyl (C=O) groups is 1. The standard InChI is InChI=1S/C21H25NO4/c1-22-12-11-15-14(8-10-20(23)24)7-9-16(17(15)13-22)21-18(25-2)5-4-6-19(21)26-3/h4-7,9H,8,10-13H2,1-3H3,(H,23,24). The van der Waals surface area contributed by atoms with Crippen molar-refractivity contribution in [1.82, 2.24) is 4.90 Å². The Hall–Kier alpha value is -2.53. The molecule has 0 aliphatic carbocycles. The number of fused-ring (bicyclic) bond motifs is 1. The molecular formula is C21H25NO4. The van der Waals surface area contributed by atoms with Crippen LogP contribution in [0.2, 0.25) is 0 Å². The van der Waals surface area contributed by atoms with Crippen LogP contribution in [0.25, 0.3) is 11.1 Å². The van der Waals surface area contributed by atoms with Gasteiger partial charge in [0.15, 0.2) is 0 Å². The summed E-state index contributed by atoms with van der Waals surface area (Å²) in [7, 11) is 5.44. The molecule has 5 heteroatoms. The number of aryl methyl sites for hydroxylation is 1. The fourth-order valence-corrected chi connectivity index (χ4v) is 3.71. The van der Waals surface area contributed by atoms with Crippen molar-refractivity contribution in [3.05, 3.63) is 47.0 Å². The van der Waals surface area contributed by atoms with E-state index in [1.54, 1.807) is 14.2 Å². The minimum atomic E-state index is -0.762. The molecule has 26 heavy (non-hydrogen) atoms. The molecule has 1 aliphatic rings. The molecule has 1 N–H and O–H groups in total. The summed E-state index contributed by atoms with van der Waals surface area (Å²) in [5, 5.41) is 9.05. The number of hydrogen-bond donors (Lipinski definition) is 1. The van der Waals surface area contributed by atoms with Crippen molar-refractivity contribution in [1.29, 1.82) is 0 Å². The van der Waals surface area contributed by atoms with E-state index in [9.17, 15) is 4.79 Å². The summed E-state index contributed by atoms with van der Waals surface area (Å²) >= 11 is 0. The predicted octanol–water partition coefficient (Wildman–Crippen LogP) is 3.38. The zero-order chi connectivity index (χ0) is 18.7. The van der Waals surface area contributed by atoms with Gasteiger partial charge < -0.3 is 19.5 Å². The molecule has 0 fully saturated rings. The second-order valence-electron chi connectivity index (χ2n) is 6.65. The van der Waals surface area contributed by atoms with E-state index in [0.29, 0.717) is 6.42 Å². The topological polar surface area (TPSA) is 59.0 Å². The molecule has 5 nitrogen and oxygen atoms in total. The Morgan fingerprint density at radius 3 is 2.42 bits per heavy atom. The number of benzene rings is 2. The number of methoxy groups -OCH3 is 2. The summed E-state index contributed by atoms with van der Waals surface area (Å²) in [5.41, 5.74) is 5.70. The summed E-state index contributed by atoms with van der Waals surface area (Å²) in [4.78, 5) is 13.3. The van der Waals surface area contributed by atoms with Gasteiger partial charge in [0.25, 0.3) is 0 Å². The van der Waals surface area contributed by atoms with Gasteiger partial charge in [-0.15, -0.1) is 0 Å². The van der Waals surface area contributed by atoms with Gasteiger partial charge in [-0.1, -0.05) is 18.2 Å². The maximum Gasteiger partial charge on any atom is 0.303 e. The van der Waals surface area contributed by atoms with Gasteiger partial charge in [-0.25, -0.2) is 0 Å². The van der Waals surface area contributed by atoms with Crippen LogP contribution in [-0.4, -0.2) is 43.8 Å².